The van der Waals surface area contributed by atoms with Gasteiger partial charge >= 0.3 is 0 Å². The summed E-state index contributed by atoms with van der Waals surface area (Å²) in [7, 11) is 0. The van der Waals surface area contributed by atoms with E-state index in [1.807, 2.05) is 13.0 Å². The number of allylic oxidation sites excluding steroid dienone is 2. The molecule has 0 atom stereocenters. The summed E-state index contributed by atoms with van der Waals surface area (Å²) in [5.41, 5.74) is 2.22. The minimum atomic E-state index is 0.924. The number of aryl methyl sites for hydroxylation is 1. The maximum atomic E-state index is 5.20. The standard InChI is InChI=1S/C11H17NO/c1-4-6-7-10(5-2)11-8-9(3)12-13-11/h7-8H,4-6H2,1-3H3. The molecule has 0 aromatic carbocycles. The van der Waals surface area contributed by atoms with Crippen molar-refractivity contribution in [3.8, 4) is 0 Å². The SMILES string of the molecule is CCCC=C(CC)c1cc(C)no1. The molecule has 0 unspecified atom stereocenters. The van der Waals surface area contributed by atoms with E-state index in [-0.39, 0.29) is 0 Å². The van der Waals surface area contributed by atoms with Crippen LogP contribution >= 0.6 is 0 Å². The van der Waals surface area contributed by atoms with Gasteiger partial charge in [0, 0.05) is 6.07 Å². The van der Waals surface area contributed by atoms with Crippen LogP contribution in [0, 0.1) is 6.92 Å². The molecule has 1 aromatic heterocycles. The van der Waals surface area contributed by atoms with E-state index in [0.717, 1.165) is 24.3 Å². The van der Waals surface area contributed by atoms with E-state index in [1.165, 1.54) is 12.0 Å². The highest BCUT2D eigenvalue weighted by molar-refractivity contribution is 5.60. The number of nitrogens with zero attached hydrogens (tertiary/aromatic N) is 1. The number of aromatic nitrogens is 1. The average Bonchev–Trinajstić information content (AvgIpc) is 2.54. The van der Waals surface area contributed by atoms with Gasteiger partial charge in [0.25, 0.3) is 0 Å². The molecule has 1 aromatic rings. The summed E-state index contributed by atoms with van der Waals surface area (Å²) < 4.78 is 5.20. The molecule has 1 heterocycles. The van der Waals surface area contributed by atoms with Crippen LogP contribution in [0.25, 0.3) is 5.57 Å². The number of hydrogen-bond acceptors (Lipinski definition) is 2. The molecule has 0 aliphatic carbocycles. The number of hydrogen-bond donors (Lipinski definition) is 0. The first kappa shape index (κ1) is 10.0. The van der Waals surface area contributed by atoms with E-state index in [4.69, 9.17) is 4.52 Å². The molecule has 72 valence electrons. The molecule has 0 spiro atoms. The summed E-state index contributed by atoms with van der Waals surface area (Å²) in [6.45, 7) is 6.26. The molecule has 0 saturated carbocycles. The maximum absolute atomic E-state index is 5.20. The van der Waals surface area contributed by atoms with Gasteiger partial charge in [0.15, 0.2) is 5.76 Å². The summed E-state index contributed by atoms with van der Waals surface area (Å²) in [4.78, 5) is 0. The van der Waals surface area contributed by atoms with Gasteiger partial charge in [-0.1, -0.05) is 31.5 Å². The van der Waals surface area contributed by atoms with Gasteiger partial charge in [-0.2, -0.15) is 0 Å². The zero-order valence-corrected chi connectivity index (χ0v) is 8.63. The maximum Gasteiger partial charge on any atom is 0.162 e. The van der Waals surface area contributed by atoms with Crippen molar-refractivity contribution in [1.82, 2.24) is 5.16 Å². The Morgan fingerprint density at radius 3 is 2.77 bits per heavy atom. The Kier molecular flexibility index (Phi) is 3.74. The molecule has 1 rings (SSSR count). The van der Waals surface area contributed by atoms with Crippen LogP contribution in [0.1, 0.15) is 44.6 Å². The van der Waals surface area contributed by atoms with Gasteiger partial charge in [-0.05, 0) is 25.3 Å². The molecular formula is C11H17NO. The molecule has 13 heavy (non-hydrogen) atoms. The van der Waals surface area contributed by atoms with Crippen molar-refractivity contribution < 1.29 is 4.52 Å². The van der Waals surface area contributed by atoms with Crippen molar-refractivity contribution in [3.05, 3.63) is 23.6 Å². The summed E-state index contributed by atoms with van der Waals surface area (Å²) in [5.74, 6) is 0.924. The van der Waals surface area contributed by atoms with Crippen LogP contribution in [-0.2, 0) is 0 Å². The normalized spacial score (nSPS) is 12.1. The van der Waals surface area contributed by atoms with Gasteiger partial charge in [-0.3, -0.25) is 0 Å². The molecule has 2 heteroatoms. The number of rotatable bonds is 4. The Hall–Kier alpha value is -1.05. The Bertz CT molecular complexity index is 286. The van der Waals surface area contributed by atoms with E-state index in [0.29, 0.717) is 0 Å². The molecule has 0 aliphatic rings. The van der Waals surface area contributed by atoms with Crippen molar-refractivity contribution in [2.24, 2.45) is 0 Å². The highest BCUT2D eigenvalue weighted by Gasteiger charge is 2.04. The highest BCUT2D eigenvalue weighted by atomic mass is 16.5. The summed E-state index contributed by atoms with van der Waals surface area (Å²) in [6.07, 6.45) is 5.54. The molecule has 0 aliphatic heterocycles. The third-order valence-electron chi connectivity index (χ3n) is 2.00. The van der Waals surface area contributed by atoms with Crippen molar-refractivity contribution in [1.29, 1.82) is 0 Å². The first-order valence-corrected chi connectivity index (χ1v) is 4.90. The predicted molar refractivity (Wildman–Crippen MR) is 54.4 cm³/mol. The van der Waals surface area contributed by atoms with E-state index in [2.05, 4.69) is 25.1 Å². The van der Waals surface area contributed by atoms with Crippen LogP contribution in [0.2, 0.25) is 0 Å². The van der Waals surface area contributed by atoms with Crippen LogP contribution in [0.3, 0.4) is 0 Å². The van der Waals surface area contributed by atoms with Crippen molar-refractivity contribution in [2.45, 2.75) is 40.0 Å². The number of unbranched alkanes of at least 4 members (excludes halogenated alkanes) is 1. The minimum Gasteiger partial charge on any atom is -0.356 e. The lowest BCUT2D eigenvalue weighted by atomic mass is 10.1. The lowest BCUT2D eigenvalue weighted by Gasteiger charge is -1.97. The van der Waals surface area contributed by atoms with Gasteiger partial charge in [0.2, 0.25) is 0 Å². The zero-order valence-electron chi connectivity index (χ0n) is 8.63. The molecule has 0 N–H and O–H groups in total. The van der Waals surface area contributed by atoms with Crippen LogP contribution in [0.5, 0.6) is 0 Å². The fourth-order valence-electron chi connectivity index (χ4n) is 1.25. The third kappa shape index (κ3) is 2.72. The summed E-state index contributed by atoms with van der Waals surface area (Å²) in [5, 5.41) is 3.88. The second kappa shape index (κ2) is 4.85. The van der Waals surface area contributed by atoms with Gasteiger partial charge in [-0.15, -0.1) is 0 Å². The molecule has 2 nitrogen and oxygen atoms in total. The van der Waals surface area contributed by atoms with Crippen LogP contribution in [0.4, 0.5) is 0 Å². The van der Waals surface area contributed by atoms with Gasteiger partial charge in [0.1, 0.15) is 0 Å². The third-order valence-corrected chi connectivity index (χ3v) is 2.00. The lowest BCUT2D eigenvalue weighted by Crippen LogP contribution is -1.79. The first-order valence-electron chi connectivity index (χ1n) is 4.90. The Labute approximate surface area is 79.6 Å². The van der Waals surface area contributed by atoms with E-state index >= 15 is 0 Å². The fourth-order valence-corrected chi connectivity index (χ4v) is 1.25. The Morgan fingerprint density at radius 1 is 1.54 bits per heavy atom. The predicted octanol–water partition coefficient (Wildman–Crippen LogP) is 3.58. The molecule has 0 radical (unpaired) electrons. The summed E-state index contributed by atoms with van der Waals surface area (Å²) >= 11 is 0. The van der Waals surface area contributed by atoms with Gasteiger partial charge in [-0.25, -0.2) is 0 Å². The van der Waals surface area contributed by atoms with Crippen molar-refractivity contribution in [3.63, 3.8) is 0 Å². The van der Waals surface area contributed by atoms with Crippen LogP contribution < -0.4 is 0 Å². The molecule has 0 amide bonds. The van der Waals surface area contributed by atoms with Crippen LogP contribution in [-0.4, -0.2) is 5.16 Å². The largest absolute Gasteiger partial charge is 0.356 e. The monoisotopic (exact) mass is 179 g/mol. The molecule has 0 fully saturated rings. The summed E-state index contributed by atoms with van der Waals surface area (Å²) in [6, 6.07) is 1.99. The first-order chi connectivity index (χ1) is 6.27. The molecule has 0 saturated heterocycles. The molecular weight excluding hydrogens is 162 g/mol. The van der Waals surface area contributed by atoms with Gasteiger partial charge in [0.05, 0.1) is 5.69 Å². The smallest absolute Gasteiger partial charge is 0.162 e. The van der Waals surface area contributed by atoms with E-state index in [9.17, 15) is 0 Å². The Balaban J connectivity index is 2.77. The average molecular weight is 179 g/mol. The second-order valence-corrected chi connectivity index (χ2v) is 3.20. The van der Waals surface area contributed by atoms with Crippen LogP contribution in [0.15, 0.2) is 16.7 Å². The van der Waals surface area contributed by atoms with Crippen molar-refractivity contribution >= 4 is 5.57 Å². The van der Waals surface area contributed by atoms with Gasteiger partial charge < -0.3 is 4.52 Å². The Morgan fingerprint density at radius 2 is 2.31 bits per heavy atom. The quantitative estimate of drug-likeness (QED) is 0.706. The fraction of sp³-hybridized carbons (Fsp3) is 0.545. The highest BCUT2D eigenvalue weighted by Crippen LogP contribution is 2.19. The van der Waals surface area contributed by atoms with E-state index in [1.54, 1.807) is 0 Å². The van der Waals surface area contributed by atoms with Crippen molar-refractivity contribution in [2.75, 3.05) is 0 Å². The second-order valence-electron chi connectivity index (χ2n) is 3.20. The zero-order chi connectivity index (χ0) is 9.68. The topological polar surface area (TPSA) is 26.0 Å². The molecule has 0 bridgehead atoms. The minimum absolute atomic E-state index is 0.924. The lowest BCUT2D eigenvalue weighted by molar-refractivity contribution is 0.404. The van der Waals surface area contributed by atoms with E-state index < -0.39 is 0 Å².